The smallest absolute Gasteiger partial charge is 0.408 e. The molecule has 108 valence electrons. The van der Waals surface area contributed by atoms with E-state index in [1.54, 1.807) is 20.8 Å². The van der Waals surface area contributed by atoms with E-state index in [0.717, 1.165) is 0 Å². The lowest BCUT2D eigenvalue weighted by molar-refractivity contribution is -0.140. The number of Topliss-reactive ketones (excluding diaryl/α,β-unsaturated/α-hetero) is 1. The standard InChI is InChI=1S/C11H18N2O6/c1-11(2,3)19-10(18)13-6(9(16)17)4-5-7(14)8(12)15/h6H,4-5H2,1-3H3,(H2,12,15)(H,13,18)(H,16,17)/t6-/m0/s1. The highest BCUT2D eigenvalue weighted by molar-refractivity contribution is 6.35. The van der Waals surface area contributed by atoms with Crippen LogP contribution in [-0.2, 0) is 19.1 Å². The van der Waals surface area contributed by atoms with Crippen molar-refractivity contribution in [1.82, 2.24) is 5.32 Å². The van der Waals surface area contributed by atoms with Crippen LogP contribution in [0, 0.1) is 0 Å². The van der Waals surface area contributed by atoms with Gasteiger partial charge < -0.3 is 20.9 Å². The van der Waals surface area contributed by atoms with E-state index in [0.29, 0.717) is 0 Å². The third kappa shape index (κ3) is 7.74. The zero-order valence-electron chi connectivity index (χ0n) is 11.1. The van der Waals surface area contributed by atoms with Crippen LogP contribution in [-0.4, -0.2) is 40.5 Å². The number of carbonyl (C=O) groups is 4. The van der Waals surface area contributed by atoms with Gasteiger partial charge in [-0.2, -0.15) is 0 Å². The number of ketones is 1. The fourth-order valence-electron chi connectivity index (χ4n) is 1.11. The third-order valence-corrected chi connectivity index (χ3v) is 1.92. The number of amides is 2. The first-order chi connectivity index (χ1) is 8.53. The summed E-state index contributed by atoms with van der Waals surface area (Å²) in [7, 11) is 0. The van der Waals surface area contributed by atoms with E-state index >= 15 is 0 Å². The van der Waals surface area contributed by atoms with Crippen LogP contribution in [0.4, 0.5) is 4.79 Å². The number of ether oxygens (including phenoxy) is 1. The Hall–Kier alpha value is -2.12. The van der Waals surface area contributed by atoms with E-state index in [9.17, 15) is 19.2 Å². The largest absolute Gasteiger partial charge is 0.480 e. The molecule has 0 aromatic rings. The molecule has 0 fully saturated rings. The number of aliphatic carboxylic acids is 1. The lowest BCUT2D eigenvalue weighted by atomic mass is 10.1. The first kappa shape index (κ1) is 16.9. The van der Waals surface area contributed by atoms with Crippen molar-refractivity contribution in [3.8, 4) is 0 Å². The minimum atomic E-state index is -1.33. The van der Waals surface area contributed by atoms with E-state index in [1.807, 2.05) is 0 Å². The predicted molar refractivity (Wildman–Crippen MR) is 64.2 cm³/mol. The molecular formula is C11H18N2O6. The average molecular weight is 274 g/mol. The molecule has 0 aromatic heterocycles. The van der Waals surface area contributed by atoms with Gasteiger partial charge >= 0.3 is 12.1 Å². The first-order valence-electron chi connectivity index (χ1n) is 5.58. The van der Waals surface area contributed by atoms with Gasteiger partial charge in [0, 0.05) is 6.42 Å². The Balaban J connectivity index is 4.43. The summed E-state index contributed by atoms with van der Waals surface area (Å²) in [5, 5.41) is 11.0. The molecule has 1 atom stereocenters. The molecule has 0 spiro atoms. The monoisotopic (exact) mass is 274 g/mol. The zero-order valence-corrected chi connectivity index (χ0v) is 11.1. The van der Waals surface area contributed by atoms with E-state index in [4.69, 9.17) is 15.6 Å². The van der Waals surface area contributed by atoms with E-state index in [-0.39, 0.29) is 12.8 Å². The van der Waals surface area contributed by atoms with Crippen LogP contribution in [0.5, 0.6) is 0 Å². The summed E-state index contributed by atoms with van der Waals surface area (Å²) in [6, 6.07) is -1.32. The van der Waals surface area contributed by atoms with Crippen molar-refractivity contribution in [3.63, 3.8) is 0 Å². The van der Waals surface area contributed by atoms with Gasteiger partial charge in [0.2, 0.25) is 5.78 Å². The van der Waals surface area contributed by atoms with Gasteiger partial charge in [0.1, 0.15) is 11.6 Å². The Morgan fingerprint density at radius 1 is 1.26 bits per heavy atom. The van der Waals surface area contributed by atoms with Gasteiger partial charge in [0.05, 0.1) is 0 Å². The number of carboxylic acids is 1. The molecule has 2 amide bonds. The third-order valence-electron chi connectivity index (χ3n) is 1.92. The second kappa shape index (κ2) is 6.72. The van der Waals surface area contributed by atoms with Gasteiger partial charge in [-0.15, -0.1) is 0 Å². The molecule has 0 saturated carbocycles. The topological polar surface area (TPSA) is 136 Å². The van der Waals surface area contributed by atoms with Crippen LogP contribution in [0.2, 0.25) is 0 Å². The Morgan fingerprint density at radius 3 is 2.16 bits per heavy atom. The number of primary amides is 1. The molecule has 4 N–H and O–H groups in total. The minimum absolute atomic E-state index is 0.240. The Bertz CT molecular complexity index is 385. The Morgan fingerprint density at radius 2 is 1.79 bits per heavy atom. The normalized spacial score (nSPS) is 12.4. The second-order valence-corrected chi connectivity index (χ2v) is 4.86. The molecule has 0 unspecified atom stereocenters. The van der Waals surface area contributed by atoms with Crippen LogP contribution in [0.3, 0.4) is 0 Å². The van der Waals surface area contributed by atoms with Crippen LogP contribution < -0.4 is 11.1 Å². The molecule has 0 aliphatic rings. The van der Waals surface area contributed by atoms with Crippen molar-refractivity contribution >= 4 is 23.8 Å². The summed E-state index contributed by atoms with van der Waals surface area (Å²) in [6.45, 7) is 4.87. The molecule has 19 heavy (non-hydrogen) atoms. The summed E-state index contributed by atoms with van der Waals surface area (Å²) < 4.78 is 4.88. The lowest BCUT2D eigenvalue weighted by Gasteiger charge is -2.21. The highest BCUT2D eigenvalue weighted by atomic mass is 16.6. The number of hydrogen-bond acceptors (Lipinski definition) is 5. The average Bonchev–Trinajstić information content (AvgIpc) is 2.20. The molecule has 8 heteroatoms. The molecular weight excluding hydrogens is 256 g/mol. The Labute approximate surface area is 110 Å². The molecule has 0 heterocycles. The van der Waals surface area contributed by atoms with E-state index < -0.39 is 35.4 Å². The molecule has 0 saturated heterocycles. The van der Waals surface area contributed by atoms with Crippen LogP contribution >= 0.6 is 0 Å². The lowest BCUT2D eigenvalue weighted by Crippen LogP contribution is -2.44. The predicted octanol–water partition coefficient (Wildman–Crippen LogP) is -0.201. The van der Waals surface area contributed by atoms with Crippen LogP contribution in [0.15, 0.2) is 0 Å². The van der Waals surface area contributed by atoms with Crippen molar-refractivity contribution in [2.45, 2.75) is 45.3 Å². The highest BCUT2D eigenvalue weighted by Crippen LogP contribution is 2.08. The maximum absolute atomic E-state index is 11.4. The molecule has 0 bridgehead atoms. The molecule has 0 aliphatic carbocycles. The fraction of sp³-hybridized carbons (Fsp3) is 0.636. The summed E-state index contributed by atoms with van der Waals surface area (Å²) in [6.07, 6.45) is -1.51. The molecule has 0 aliphatic heterocycles. The number of nitrogens with two attached hydrogens (primary N) is 1. The van der Waals surface area contributed by atoms with Crippen molar-refractivity contribution in [2.24, 2.45) is 5.73 Å². The number of carbonyl (C=O) groups excluding carboxylic acids is 3. The maximum atomic E-state index is 11.4. The van der Waals surface area contributed by atoms with Crippen molar-refractivity contribution < 1.29 is 29.0 Å². The summed E-state index contributed by atoms with van der Waals surface area (Å²) in [4.78, 5) is 43.7. The van der Waals surface area contributed by atoms with Crippen LogP contribution in [0.1, 0.15) is 33.6 Å². The number of hydrogen-bond donors (Lipinski definition) is 3. The van der Waals surface area contributed by atoms with Gasteiger partial charge in [0.15, 0.2) is 0 Å². The molecule has 0 radical (unpaired) electrons. The van der Waals surface area contributed by atoms with Crippen molar-refractivity contribution in [2.75, 3.05) is 0 Å². The number of alkyl carbamates (subject to hydrolysis) is 1. The quantitative estimate of drug-likeness (QED) is 0.574. The first-order valence-corrected chi connectivity index (χ1v) is 5.58. The van der Waals surface area contributed by atoms with Gasteiger partial charge in [-0.1, -0.05) is 0 Å². The van der Waals surface area contributed by atoms with Gasteiger partial charge in [-0.25, -0.2) is 9.59 Å². The number of rotatable bonds is 6. The molecule has 0 aromatic carbocycles. The molecule has 8 nitrogen and oxygen atoms in total. The summed E-state index contributed by atoms with van der Waals surface area (Å²) in [5.41, 5.74) is 3.97. The minimum Gasteiger partial charge on any atom is -0.480 e. The number of nitrogens with one attached hydrogen (secondary N) is 1. The van der Waals surface area contributed by atoms with Gasteiger partial charge in [-0.3, -0.25) is 9.59 Å². The summed E-state index contributed by atoms with van der Waals surface area (Å²) in [5.74, 6) is -3.36. The maximum Gasteiger partial charge on any atom is 0.408 e. The van der Waals surface area contributed by atoms with Gasteiger partial charge in [0.25, 0.3) is 5.91 Å². The van der Waals surface area contributed by atoms with Gasteiger partial charge in [-0.05, 0) is 27.2 Å². The number of carboxylic acid groups (broad SMARTS) is 1. The van der Waals surface area contributed by atoms with E-state index in [2.05, 4.69) is 5.32 Å². The zero-order chi connectivity index (χ0) is 15.2. The van der Waals surface area contributed by atoms with Crippen LogP contribution in [0.25, 0.3) is 0 Å². The fourth-order valence-corrected chi connectivity index (χ4v) is 1.11. The van der Waals surface area contributed by atoms with Crippen molar-refractivity contribution in [3.05, 3.63) is 0 Å². The van der Waals surface area contributed by atoms with E-state index in [1.165, 1.54) is 0 Å². The highest BCUT2D eigenvalue weighted by Gasteiger charge is 2.25. The Kier molecular flexibility index (Phi) is 5.97. The molecule has 0 rings (SSSR count). The second-order valence-electron chi connectivity index (χ2n) is 4.86. The summed E-state index contributed by atoms with van der Waals surface area (Å²) >= 11 is 0. The van der Waals surface area contributed by atoms with Crippen molar-refractivity contribution in [1.29, 1.82) is 0 Å². The SMILES string of the molecule is CC(C)(C)OC(=O)N[C@@H](CCC(=O)C(N)=O)C(=O)O.